The first-order valence-corrected chi connectivity index (χ1v) is 9.12. The number of nitrogens with one attached hydrogen (secondary N) is 2. The van der Waals surface area contributed by atoms with Crippen LogP contribution in [0.25, 0.3) is 0 Å². The van der Waals surface area contributed by atoms with E-state index in [4.69, 9.17) is 0 Å². The number of rotatable bonds is 6. The molecule has 3 aliphatic rings. The van der Waals surface area contributed by atoms with Crippen molar-refractivity contribution in [1.82, 2.24) is 15.5 Å². The highest BCUT2D eigenvalue weighted by Crippen LogP contribution is 2.39. The summed E-state index contributed by atoms with van der Waals surface area (Å²) in [5.74, 6) is -0.357. The van der Waals surface area contributed by atoms with Gasteiger partial charge in [-0.05, 0) is 30.2 Å². The van der Waals surface area contributed by atoms with Crippen LogP contribution in [0.2, 0.25) is 0 Å². The maximum absolute atomic E-state index is 12.8. The second-order valence-electron chi connectivity index (χ2n) is 7.61. The molecule has 2 fully saturated rings. The largest absolute Gasteiger partial charge is 0.370 e. The van der Waals surface area contributed by atoms with Gasteiger partial charge in [0.2, 0.25) is 5.91 Å². The molecule has 4 rings (SSSR count). The SMILES string of the molecule is CNC(=O)C(CCC=O)N1Cc2cc(N3CC4(CNC4)C3)ccc2C1=O. The highest BCUT2D eigenvalue weighted by atomic mass is 16.2. The molecule has 26 heavy (non-hydrogen) atoms. The molecule has 2 saturated heterocycles. The Bertz CT molecular complexity index is 751. The molecule has 0 aromatic heterocycles. The second-order valence-corrected chi connectivity index (χ2v) is 7.61. The summed E-state index contributed by atoms with van der Waals surface area (Å²) in [6, 6.07) is 5.34. The molecule has 2 N–H and O–H groups in total. The molecule has 7 heteroatoms. The molecule has 1 atom stereocenters. The number of benzene rings is 1. The quantitative estimate of drug-likeness (QED) is 0.709. The van der Waals surface area contributed by atoms with Crippen molar-refractivity contribution in [3.63, 3.8) is 0 Å². The molecular formula is C19H24N4O3. The number of aldehydes is 1. The predicted octanol–water partition coefficient (Wildman–Crippen LogP) is 0.146. The summed E-state index contributed by atoms with van der Waals surface area (Å²) in [5.41, 5.74) is 3.20. The number of fused-ring (bicyclic) bond motifs is 1. The minimum atomic E-state index is -0.609. The third-order valence-corrected chi connectivity index (χ3v) is 5.82. The molecule has 1 aromatic carbocycles. The lowest BCUT2D eigenvalue weighted by Gasteiger charge is -2.57. The van der Waals surface area contributed by atoms with Gasteiger partial charge in [-0.15, -0.1) is 0 Å². The van der Waals surface area contributed by atoms with Crippen molar-refractivity contribution in [2.45, 2.75) is 25.4 Å². The van der Waals surface area contributed by atoms with Gasteiger partial charge in [-0.2, -0.15) is 0 Å². The van der Waals surface area contributed by atoms with Crippen LogP contribution in [0.3, 0.4) is 0 Å². The van der Waals surface area contributed by atoms with Gasteiger partial charge in [-0.3, -0.25) is 9.59 Å². The van der Waals surface area contributed by atoms with E-state index in [2.05, 4.69) is 21.6 Å². The predicted molar refractivity (Wildman–Crippen MR) is 97.0 cm³/mol. The van der Waals surface area contributed by atoms with Gasteiger partial charge in [0.05, 0.1) is 0 Å². The first kappa shape index (κ1) is 17.0. The molecule has 7 nitrogen and oxygen atoms in total. The van der Waals surface area contributed by atoms with Gasteiger partial charge in [0, 0.05) is 62.9 Å². The summed E-state index contributed by atoms with van der Waals surface area (Å²) in [4.78, 5) is 39.7. The van der Waals surface area contributed by atoms with Crippen molar-refractivity contribution in [3.05, 3.63) is 29.3 Å². The average Bonchev–Trinajstić information content (AvgIpc) is 2.89. The van der Waals surface area contributed by atoms with Gasteiger partial charge in [0.25, 0.3) is 5.91 Å². The maximum Gasteiger partial charge on any atom is 0.255 e. The summed E-state index contributed by atoms with van der Waals surface area (Å²) in [6.45, 7) is 4.70. The van der Waals surface area contributed by atoms with E-state index in [0.29, 0.717) is 23.9 Å². The molecule has 0 aliphatic carbocycles. The van der Waals surface area contributed by atoms with Crippen LogP contribution in [-0.4, -0.2) is 62.3 Å². The van der Waals surface area contributed by atoms with E-state index in [1.54, 1.807) is 11.9 Å². The fraction of sp³-hybridized carbons (Fsp3) is 0.526. The lowest BCUT2D eigenvalue weighted by atomic mass is 9.74. The molecule has 3 aliphatic heterocycles. The Labute approximate surface area is 152 Å². The van der Waals surface area contributed by atoms with Crippen LogP contribution in [0.4, 0.5) is 5.69 Å². The van der Waals surface area contributed by atoms with Crippen LogP contribution in [-0.2, 0) is 16.1 Å². The van der Waals surface area contributed by atoms with E-state index in [1.165, 1.54) is 0 Å². The highest BCUT2D eigenvalue weighted by molar-refractivity contribution is 6.01. The van der Waals surface area contributed by atoms with Crippen LogP contribution >= 0.6 is 0 Å². The van der Waals surface area contributed by atoms with Crippen molar-refractivity contribution in [2.24, 2.45) is 5.41 Å². The average molecular weight is 356 g/mol. The standard InChI is InChI=1S/C19H24N4O3/c1-20-17(25)16(3-2-6-24)23-8-13-7-14(4-5-15(13)18(23)26)22-11-19(12-22)9-21-10-19/h4-7,16,21H,2-3,8-12H2,1H3,(H,20,25). The van der Waals surface area contributed by atoms with Crippen molar-refractivity contribution in [1.29, 1.82) is 0 Å². The van der Waals surface area contributed by atoms with Crippen LogP contribution < -0.4 is 15.5 Å². The summed E-state index contributed by atoms with van der Waals surface area (Å²) in [5, 5.41) is 5.94. The highest BCUT2D eigenvalue weighted by Gasteiger charge is 2.47. The van der Waals surface area contributed by atoms with Crippen LogP contribution in [0, 0.1) is 5.41 Å². The van der Waals surface area contributed by atoms with Gasteiger partial charge >= 0.3 is 0 Å². The zero-order valence-electron chi connectivity index (χ0n) is 15.0. The zero-order chi connectivity index (χ0) is 18.3. The number of anilines is 1. The maximum atomic E-state index is 12.8. The first-order chi connectivity index (χ1) is 12.6. The molecule has 2 amide bonds. The van der Waals surface area contributed by atoms with Crippen molar-refractivity contribution >= 4 is 23.8 Å². The van der Waals surface area contributed by atoms with E-state index in [9.17, 15) is 14.4 Å². The fourth-order valence-electron chi connectivity index (χ4n) is 4.25. The van der Waals surface area contributed by atoms with Crippen LogP contribution in [0.1, 0.15) is 28.8 Å². The number of likely N-dealkylation sites (N-methyl/N-ethyl adjacent to an activating group) is 1. The van der Waals surface area contributed by atoms with E-state index in [1.807, 2.05) is 12.1 Å². The smallest absolute Gasteiger partial charge is 0.255 e. The summed E-state index contributed by atoms with van der Waals surface area (Å²) >= 11 is 0. The van der Waals surface area contributed by atoms with Gasteiger partial charge in [0.15, 0.2) is 0 Å². The molecule has 1 spiro atoms. The van der Waals surface area contributed by atoms with Gasteiger partial charge < -0.3 is 25.2 Å². The number of carbonyl (C=O) groups is 3. The zero-order valence-corrected chi connectivity index (χ0v) is 15.0. The number of carbonyl (C=O) groups excluding carboxylic acids is 3. The van der Waals surface area contributed by atoms with Gasteiger partial charge in [0.1, 0.15) is 12.3 Å². The normalized spacial score (nSPS) is 21.0. The lowest BCUT2D eigenvalue weighted by Crippen LogP contribution is -2.71. The summed E-state index contributed by atoms with van der Waals surface area (Å²) in [6.07, 6.45) is 1.39. The minimum Gasteiger partial charge on any atom is -0.370 e. The van der Waals surface area contributed by atoms with Crippen LogP contribution in [0.15, 0.2) is 18.2 Å². The molecule has 1 aromatic rings. The Balaban J connectivity index is 1.51. The van der Waals surface area contributed by atoms with E-state index < -0.39 is 6.04 Å². The monoisotopic (exact) mass is 356 g/mol. The van der Waals surface area contributed by atoms with E-state index in [-0.39, 0.29) is 18.2 Å². The first-order valence-electron chi connectivity index (χ1n) is 9.12. The van der Waals surface area contributed by atoms with Crippen molar-refractivity contribution in [2.75, 3.05) is 38.1 Å². The number of hydrogen-bond acceptors (Lipinski definition) is 5. The van der Waals surface area contributed by atoms with E-state index in [0.717, 1.165) is 43.7 Å². The molecule has 0 bridgehead atoms. The summed E-state index contributed by atoms with van der Waals surface area (Å²) in [7, 11) is 1.55. The van der Waals surface area contributed by atoms with Gasteiger partial charge in [-0.25, -0.2) is 0 Å². The molecule has 3 heterocycles. The Hall–Kier alpha value is -2.41. The number of nitrogens with zero attached hydrogens (tertiary/aromatic N) is 2. The summed E-state index contributed by atoms with van der Waals surface area (Å²) < 4.78 is 0. The Morgan fingerprint density at radius 3 is 2.77 bits per heavy atom. The molecule has 1 unspecified atom stereocenters. The third-order valence-electron chi connectivity index (χ3n) is 5.82. The molecule has 0 radical (unpaired) electrons. The molecule has 0 saturated carbocycles. The Kier molecular flexibility index (Phi) is 4.19. The van der Waals surface area contributed by atoms with Gasteiger partial charge in [-0.1, -0.05) is 0 Å². The number of hydrogen-bond donors (Lipinski definition) is 2. The van der Waals surface area contributed by atoms with Crippen LogP contribution in [0.5, 0.6) is 0 Å². The molecule has 138 valence electrons. The lowest BCUT2D eigenvalue weighted by molar-refractivity contribution is -0.125. The molecular weight excluding hydrogens is 332 g/mol. The Morgan fingerprint density at radius 1 is 1.38 bits per heavy atom. The van der Waals surface area contributed by atoms with E-state index >= 15 is 0 Å². The topological polar surface area (TPSA) is 81.8 Å². The third kappa shape index (κ3) is 2.67. The second kappa shape index (κ2) is 6.39. The van der Waals surface area contributed by atoms with Crippen molar-refractivity contribution < 1.29 is 14.4 Å². The fourth-order valence-corrected chi connectivity index (χ4v) is 4.25. The Morgan fingerprint density at radius 2 is 2.15 bits per heavy atom. The minimum absolute atomic E-state index is 0.130. The van der Waals surface area contributed by atoms with Crippen molar-refractivity contribution in [3.8, 4) is 0 Å². The number of amides is 2.